The van der Waals surface area contributed by atoms with Crippen LogP contribution in [-0.2, 0) is 16.4 Å². The predicted molar refractivity (Wildman–Crippen MR) is 112 cm³/mol. The van der Waals surface area contributed by atoms with E-state index in [0.29, 0.717) is 17.0 Å². The van der Waals surface area contributed by atoms with E-state index in [2.05, 4.69) is 0 Å². The van der Waals surface area contributed by atoms with Gasteiger partial charge < -0.3 is 14.1 Å². The number of hydrogen-bond donors (Lipinski definition) is 1. The lowest BCUT2D eigenvalue weighted by atomic mass is 9.99. The lowest BCUT2D eigenvalue weighted by Gasteiger charge is -2.14. The van der Waals surface area contributed by atoms with Crippen LogP contribution in [0.3, 0.4) is 0 Å². The molecule has 170 valence electrons. The lowest BCUT2D eigenvalue weighted by molar-refractivity contribution is 0.172. The largest absolute Gasteiger partial charge is 0.422 e. The Kier molecular flexibility index (Phi) is 6.27. The number of benzene rings is 2. The Bertz CT molecular complexity index is 1420. The van der Waals surface area contributed by atoms with Crippen molar-refractivity contribution in [2.24, 2.45) is 5.14 Å². The molecule has 0 bridgehead atoms. The van der Waals surface area contributed by atoms with E-state index in [4.69, 9.17) is 25.9 Å². The van der Waals surface area contributed by atoms with Crippen molar-refractivity contribution in [1.82, 2.24) is 4.90 Å². The molecule has 0 spiro atoms. The van der Waals surface area contributed by atoms with Gasteiger partial charge in [-0.2, -0.15) is 0 Å². The Morgan fingerprint density at radius 3 is 2.47 bits per heavy atom. The third kappa shape index (κ3) is 4.45. The molecule has 0 saturated heterocycles. The molecule has 3 aromatic rings. The summed E-state index contributed by atoms with van der Waals surface area (Å²) in [6.07, 6.45) is -1.30. The highest BCUT2D eigenvalue weighted by Gasteiger charge is 2.24. The minimum Gasteiger partial charge on any atom is -0.422 e. The molecule has 3 rings (SSSR count). The summed E-state index contributed by atoms with van der Waals surface area (Å²) in [4.78, 5) is 24.6. The number of amides is 1. The van der Waals surface area contributed by atoms with Crippen LogP contribution in [0.5, 0.6) is 5.75 Å². The first-order valence-corrected chi connectivity index (χ1v) is 10.9. The standard InChI is InChI=1S/C20H17ClF2N2O6S/c1-9-10-7-13(21)16(31-20(27)25(2)3)8-15(10)30-19(26)11(9)6-12-14(22)4-5-17(18(12)23)32(24,28)29/h4-5,7-8H,6H2,1-3H3,(H2,24,28,29). The predicted octanol–water partition coefficient (Wildman–Crippen LogP) is 3.33. The van der Waals surface area contributed by atoms with Gasteiger partial charge in [0.05, 0.1) is 5.02 Å². The minimum absolute atomic E-state index is 0.0291. The normalized spacial score (nSPS) is 11.6. The molecule has 2 aromatic carbocycles. The van der Waals surface area contributed by atoms with Crippen LogP contribution >= 0.6 is 11.6 Å². The number of nitrogens with two attached hydrogens (primary N) is 1. The molecule has 2 N–H and O–H groups in total. The van der Waals surface area contributed by atoms with Crippen molar-refractivity contribution >= 4 is 38.7 Å². The molecule has 0 saturated carbocycles. The Labute approximate surface area is 186 Å². The summed E-state index contributed by atoms with van der Waals surface area (Å²) in [7, 11) is -1.51. The molecule has 1 heterocycles. The van der Waals surface area contributed by atoms with Crippen molar-refractivity contribution in [3.8, 4) is 5.75 Å². The Balaban J connectivity index is 2.14. The van der Waals surface area contributed by atoms with Crippen molar-refractivity contribution in [1.29, 1.82) is 0 Å². The number of sulfonamides is 1. The van der Waals surface area contributed by atoms with Gasteiger partial charge in [0.2, 0.25) is 10.0 Å². The van der Waals surface area contributed by atoms with Crippen LogP contribution in [-0.4, -0.2) is 33.5 Å². The quantitative estimate of drug-likeness (QED) is 0.565. The molecule has 0 aliphatic heterocycles. The molecule has 0 unspecified atom stereocenters. The number of rotatable bonds is 4. The highest BCUT2D eigenvalue weighted by Crippen LogP contribution is 2.33. The summed E-state index contributed by atoms with van der Waals surface area (Å²) >= 11 is 6.18. The zero-order valence-electron chi connectivity index (χ0n) is 17.0. The number of primary sulfonamides is 1. The van der Waals surface area contributed by atoms with E-state index < -0.39 is 50.3 Å². The molecular weight excluding hydrogens is 470 g/mol. The number of carbonyl (C=O) groups is 1. The number of nitrogens with zero attached hydrogens (tertiary/aromatic N) is 1. The summed E-state index contributed by atoms with van der Waals surface area (Å²) in [6.45, 7) is 1.51. The summed E-state index contributed by atoms with van der Waals surface area (Å²) in [5.41, 5.74) is -1.36. The van der Waals surface area contributed by atoms with Crippen LogP contribution in [0.25, 0.3) is 11.0 Å². The fraction of sp³-hybridized carbons (Fsp3) is 0.200. The second-order valence-corrected chi connectivity index (χ2v) is 9.03. The van der Waals surface area contributed by atoms with Crippen LogP contribution in [0, 0.1) is 18.6 Å². The van der Waals surface area contributed by atoms with Crippen LogP contribution in [0.4, 0.5) is 13.6 Å². The van der Waals surface area contributed by atoms with Gasteiger partial charge in [-0.25, -0.2) is 31.9 Å². The SMILES string of the molecule is Cc1c(Cc2c(F)ccc(S(N)(=O)=O)c2F)c(=O)oc2cc(OC(=O)N(C)C)c(Cl)cc12. The Morgan fingerprint density at radius 2 is 1.88 bits per heavy atom. The molecule has 1 amide bonds. The van der Waals surface area contributed by atoms with E-state index in [1.807, 2.05) is 0 Å². The van der Waals surface area contributed by atoms with Crippen LogP contribution in [0.15, 0.2) is 38.4 Å². The van der Waals surface area contributed by atoms with E-state index in [9.17, 15) is 26.8 Å². The number of carbonyl (C=O) groups excluding carboxylic acids is 1. The first kappa shape index (κ1) is 23.6. The Morgan fingerprint density at radius 1 is 1.22 bits per heavy atom. The van der Waals surface area contributed by atoms with Gasteiger partial charge in [-0.15, -0.1) is 0 Å². The van der Waals surface area contributed by atoms with E-state index >= 15 is 0 Å². The highest BCUT2D eigenvalue weighted by molar-refractivity contribution is 7.89. The smallest absolute Gasteiger partial charge is 0.414 e. The summed E-state index contributed by atoms with van der Waals surface area (Å²) in [6, 6.07) is 4.08. The molecule has 0 atom stereocenters. The maximum absolute atomic E-state index is 14.7. The number of ether oxygens (including phenoxy) is 1. The van der Waals surface area contributed by atoms with Crippen molar-refractivity contribution < 1.29 is 31.1 Å². The fourth-order valence-corrected chi connectivity index (χ4v) is 3.83. The van der Waals surface area contributed by atoms with Gasteiger partial charge in [0.1, 0.15) is 22.1 Å². The summed E-state index contributed by atoms with van der Waals surface area (Å²) in [5.74, 6) is -2.50. The number of hydrogen-bond acceptors (Lipinski definition) is 6. The maximum atomic E-state index is 14.7. The van der Waals surface area contributed by atoms with Gasteiger partial charge in [0.15, 0.2) is 5.75 Å². The molecular formula is C20H17ClF2N2O6S. The molecule has 8 nitrogen and oxygen atoms in total. The molecule has 0 fully saturated rings. The van der Waals surface area contributed by atoms with E-state index in [0.717, 1.165) is 6.07 Å². The monoisotopic (exact) mass is 486 g/mol. The van der Waals surface area contributed by atoms with Crippen molar-refractivity contribution in [3.05, 3.63) is 68.0 Å². The number of fused-ring (bicyclic) bond motifs is 1. The lowest BCUT2D eigenvalue weighted by Crippen LogP contribution is -2.25. The van der Waals surface area contributed by atoms with Crippen LogP contribution in [0.1, 0.15) is 16.7 Å². The number of halogens is 3. The van der Waals surface area contributed by atoms with Crippen molar-refractivity contribution in [3.63, 3.8) is 0 Å². The maximum Gasteiger partial charge on any atom is 0.414 e. The summed E-state index contributed by atoms with van der Waals surface area (Å²) in [5, 5.41) is 5.33. The fourth-order valence-electron chi connectivity index (χ4n) is 2.99. The third-order valence-corrected chi connectivity index (χ3v) is 5.94. The van der Waals surface area contributed by atoms with E-state index in [1.54, 1.807) is 0 Å². The molecule has 0 radical (unpaired) electrons. The molecule has 12 heteroatoms. The first-order valence-electron chi connectivity index (χ1n) is 8.96. The van der Waals surface area contributed by atoms with Gasteiger partial charge >= 0.3 is 11.7 Å². The average molecular weight is 487 g/mol. The second-order valence-electron chi connectivity index (χ2n) is 7.09. The molecule has 0 aliphatic carbocycles. The van der Waals surface area contributed by atoms with E-state index in [1.165, 1.54) is 38.1 Å². The molecule has 1 aromatic heterocycles. The van der Waals surface area contributed by atoms with Crippen molar-refractivity contribution in [2.45, 2.75) is 18.2 Å². The highest BCUT2D eigenvalue weighted by atomic mass is 35.5. The Hall–Kier alpha value is -3.02. The van der Waals surface area contributed by atoms with Gasteiger partial charge in [-0.1, -0.05) is 11.6 Å². The summed E-state index contributed by atoms with van der Waals surface area (Å²) < 4.78 is 62.5. The number of aryl methyl sites for hydroxylation is 1. The molecule has 0 aliphatic rings. The van der Waals surface area contributed by atoms with Gasteiger partial charge in [-0.05, 0) is 30.7 Å². The minimum atomic E-state index is -4.45. The van der Waals surface area contributed by atoms with Crippen LogP contribution in [0.2, 0.25) is 5.02 Å². The van der Waals surface area contributed by atoms with Gasteiger partial charge in [0.25, 0.3) is 0 Å². The first-order chi connectivity index (χ1) is 14.8. The zero-order chi connectivity index (χ0) is 24.0. The topological polar surface area (TPSA) is 120 Å². The van der Waals surface area contributed by atoms with Crippen molar-refractivity contribution in [2.75, 3.05) is 14.1 Å². The zero-order valence-corrected chi connectivity index (χ0v) is 18.6. The molecule has 32 heavy (non-hydrogen) atoms. The van der Waals surface area contributed by atoms with Gasteiger partial charge in [0, 0.05) is 43.1 Å². The van der Waals surface area contributed by atoms with E-state index in [-0.39, 0.29) is 21.9 Å². The average Bonchev–Trinajstić information content (AvgIpc) is 2.67. The second kappa shape index (κ2) is 8.49. The van der Waals surface area contributed by atoms with Gasteiger partial charge in [-0.3, -0.25) is 0 Å². The third-order valence-electron chi connectivity index (χ3n) is 4.71. The van der Waals surface area contributed by atoms with Crippen LogP contribution < -0.4 is 15.5 Å².